The van der Waals surface area contributed by atoms with Gasteiger partial charge in [0.2, 0.25) is 17.7 Å². The lowest BCUT2D eigenvalue weighted by atomic mass is 10.2. The molecule has 0 aliphatic carbocycles. The van der Waals surface area contributed by atoms with Gasteiger partial charge in [-0.3, -0.25) is 14.4 Å². The van der Waals surface area contributed by atoms with Gasteiger partial charge in [-0.25, -0.2) is 4.90 Å². The Morgan fingerprint density at radius 3 is 2.46 bits per heavy atom. The molecule has 1 saturated heterocycles. The summed E-state index contributed by atoms with van der Waals surface area (Å²) >= 11 is 3.37. The van der Waals surface area contributed by atoms with Gasteiger partial charge in [0.25, 0.3) is 0 Å². The summed E-state index contributed by atoms with van der Waals surface area (Å²) < 4.78 is 1.03. The molecule has 1 atom stereocenters. The summed E-state index contributed by atoms with van der Waals surface area (Å²) in [6.45, 7) is 1.98. The van der Waals surface area contributed by atoms with Gasteiger partial charge in [-0.1, -0.05) is 17.7 Å². The van der Waals surface area contributed by atoms with Crippen LogP contribution in [0.2, 0.25) is 0 Å². The maximum Gasteiger partial charge on any atom is 0.247 e. The lowest BCUT2D eigenvalue weighted by molar-refractivity contribution is -0.121. The minimum Gasteiger partial charge on any atom is -0.325 e. The number of rotatable bonds is 5. The lowest BCUT2D eigenvalue weighted by Gasteiger charge is -2.15. The zero-order chi connectivity index (χ0) is 18.7. The Balaban J connectivity index is 1.57. The summed E-state index contributed by atoms with van der Waals surface area (Å²) in [7, 11) is 0. The topological polar surface area (TPSA) is 66.5 Å². The van der Waals surface area contributed by atoms with Crippen LogP contribution in [0.15, 0.2) is 48.5 Å². The summed E-state index contributed by atoms with van der Waals surface area (Å²) in [5, 5.41) is 2.28. The quantitative estimate of drug-likeness (QED) is 0.525. The normalized spacial score (nSPS) is 16.8. The highest BCUT2D eigenvalue weighted by Gasteiger charge is 2.39. The van der Waals surface area contributed by atoms with Crippen LogP contribution in [-0.4, -0.2) is 28.7 Å². The largest absolute Gasteiger partial charge is 0.325 e. The lowest BCUT2D eigenvalue weighted by Crippen LogP contribution is -2.31. The van der Waals surface area contributed by atoms with Gasteiger partial charge in [-0.05, 0) is 65.9 Å². The van der Waals surface area contributed by atoms with Gasteiger partial charge in [0.15, 0.2) is 0 Å². The Kier molecular flexibility index (Phi) is 5.98. The molecular weight excluding hydrogens is 463 g/mol. The number of amides is 3. The van der Waals surface area contributed by atoms with Crippen LogP contribution >= 0.6 is 34.4 Å². The van der Waals surface area contributed by atoms with Crippen molar-refractivity contribution < 1.29 is 14.4 Å². The Hall–Kier alpha value is -1.87. The van der Waals surface area contributed by atoms with Crippen molar-refractivity contribution in [1.82, 2.24) is 0 Å². The third-order valence-corrected chi connectivity index (χ3v) is 5.86. The zero-order valence-electron chi connectivity index (χ0n) is 14.1. The molecule has 3 rings (SSSR count). The first kappa shape index (κ1) is 18.9. The molecule has 1 aliphatic rings. The van der Waals surface area contributed by atoms with Crippen LogP contribution in [0.1, 0.15) is 12.0 Å². The monoisotopic (exact) mass is 480 g/mol. The molecule has 0 bridgehead atoms. The first-order valence-corrected chi connectivity index (χ1v) is 10.2. The molecule has 134 valence electrons. The van der Waals surface area contributed by atoms with E-state index in [2.05, 4.69) is 27.9 Å². The minimum atomic E-state index is -0.523. The number of thioether (sulfide) groups is 1. The van der Waals surface area contributed by atoms with Gasteiger partial charge < -0.3 is 5.32 Å². The van der Waals surface area contributed by atoms with E-state index in [-0.39, 0.29) is 29.9 Å². The maximum absolute atomic E-state index is 12.6. The average molecular weight is 480 g/mol. The molecule has 2 aromatic rings. The average Bonchev–Trinajstić information content (AvgIpc) is 2.90. The summed E-state index contributed by atoms with van der Waals surface area (Å²) in [4.78, 5) is 38.1. The van der Waals surface area contributed by atoms with Gasteiger partial charge in [0.05, 0.1) is 16.7 Å². The molecule has 0 saturated carbocycles. The zero-order valence-corrected chi connectivity index (χ0v) is 17.0. The summed E-state index contributed by atoms with van der Waals surface area (Å²) in [6.07, 6.45) is 0.118. The second-order valence-electron chi connectivity index (χ2n) is 5.96. The fraction of sp³-hybridized carbons (Fsp3) is 0.211. The van der Waals surface area contributed by atoms with Crippen LogP contribution < -0.4 is 10.2 Å². The number of anilines is 2. The number of carbonyl (C=O) groups is 3. The highest BCUT2D eigenvalue weighted by molar-refractivity contribution is 14.1. The number of hydrogen-bond acceptors (Lipinski definition) is 4. The Morgan fingerprint density at radius 2 is 1.81 bits per heavy atom. The van der Waals surface area contributed by atoms with E-state index in [1.165, 1.54) is 16.7 Å². The number of nitrogens with zero attached hydrogens (tertiary/aromatic N) is 1. The standard InChI is InChI=1S/C19H17IN2O3S/c1-12-2-6-14(7-3-12)21-17(23)11-26-16-10-18(24)22(19(16)25)15-8-4-13(20)5-9-15/h2-9,16H,10-11H2,1H3,(H,21,23). The third-order valence-electron chi connectivity index (χ3n) is 3.94. The molecule has 1 unspecified atom stereocenters. The van der Waals surface area contributed by atoms with E-state index < -0.39 is 5.25 Å². The number of nitrogens with one attached hydrogen (secondary N) is 1. The van der Waals surface area contributed by atoms with E-state index in [1.807, 2.05) is 43.3 Å². The van der Waals surface area contributed by atoms with E-state index in [9.17, 15) is 14.4 Å². The van der Waals surface area contributed by atoms with Crippen LogP contribution in [-0.2, 0) is 14.4 Å². The van der Waals surface area contributed by atoms with Crippen molar-refractivity contribution in [3.8, 4) is 0 Å². The van der Waals surface area contributed by atoms with Crippen LogP contribution in [0.25, 0.3) is 0 Å². The minimum absolute atomic E-state index is 0.118. The molecular formula is C19H17IN2O3S. The number of carbonyl (C=O) groups excluding carboxylic acids is 3. The smallest absolute Gasteiger partial charge is 0.247 e. The van der Waals surface area contributed by atoms with Gasteiger partial charge in [-0.2, -0.15) is 0 Å². The van der Waals surface area contributed by atoms with E-state index >= 15 is 0 Å². The summed E-state index contributed by atoms with van der Waals surface area (Å²) in [5.74, 6) is -0.554. The predicted octanol–water partition coefficient (Wildman–Crippen LogP) is 3.60. The summed E-state index contributed by atoms with van der Waals surface area (Å²) in [5.41, 5.74) is 2.41. The summed E-state index contributed by atoms with van der Waals surface area (Å²) in [6, 6.07) is 14.7. The Bertz CT molecular complexity index is 837. The van der Waals surface area contributed by atoms with Gasteiger partial charge in [-0.15, -0.1) is 11.8 Å². The van der Waals surface area contributed by atoms with Crippen LogP contribution in [0.4, 0.5) is 11.4 Å². The highest BCUT2D eigenvalue weighted by Crippen LogP contribution is 2.30. The van der Waals surface area contributed by atoms with Crippen LogP contribution in [0.5, 0.6) is 0 Å². The molecule has 5 nitrogen and oxygen atoms in total. The van der Waals surface area contributed by atoms with E-state index in [4.69, 9.17) is 0 Å². The number of hydrogen-bond donors (Lipinski definition) is 1. The molecule has 2 aromatic carbocycles. The fourth-order valence-corrected chi connectivity index (χ4v) is 3.90. The molecule has 1 aliphatic heterocycles. The molecule has 1 fully saturated rings. The van der Waals surface area contributed by atoms with Crippen molar-refractivity contribution in [2.45, 2.75) is 18.6 Å². The van der Waals surface area contributed by atoms with Crippen molar-refractivity contribution in [3.63, 3.8) is 0 Å². The van der Waals surface area contributed by atoms with Crippen molar-refractivity contribution in [2.75, 3.05) is 16.0 Å². The Morgan fingerprint density at radius 1 is 1.15 bits per heavy atom. The van der Waals surface area contributed by atoms with E-state index in [1.54, 1.807) is 12.1 Å². The number of halogens is 1. The van der Waals surface area contributed by atoms with Crippen molar-refractivity contribution in [2.24, 2.45) is 0 Å². The molecule has 0 radical (unpaired) electrons. The van der Waals surface area contributed by atoms with Gasteiger partial charge in [0.1, 0.15) is 0 Å². The van der Waals surface area contributed by atoms with Crippen molar-refractivity contribution in [3.05, 3.63) is 57.7 Å². The second kappa shape index (κ2) is 8.22. The Labute approximate surface area is 169 Å². The van der Waals surface area contributed by atoms with Crippen LogP contribution in [0.3, 0.4) is 0 Å². The number of imide groups is 1. The molecule has 1 heterocycles. The molecule has 1 N–H and O–H groups in total. The number of benzene rings is 2. The highest BCUT2D eigenvalue weighted by atomic mass is 127. The first-order valence-electron chi connectivity index (χ1n) is 8.04. The maximum atomic E-state index is 12.6. The molecule has 26 heavy (non-hydrogen) atoms. The first-order chi connectivity index (χ1) is 12.4. The van der Waals surface area contributed by atoms with E-state index in [0.717, 1.165) is 14.8 Å². The van der Waals surface area contributed by atoms with Gasteiger partial charge >= 0.3 is 0 Å². The molecule has 0 aromatic heterocycles. The predicted molar refractivity (Wildman–Crippen MR) is 112 cm³/mol. The van der Waals surface area contributed by atoms with Crippen LogP contribution in [0, 0.1) is 10.5 Å². The van der Waals surface area contributed by atoms with Gasteiger partial charge in [0, 0.05) is 15.7 Å². The molecule has 3 amide bonds. The van der Waals surface area contributed by atoms with E-state index in [0.29, 0.717) is 5.69 Å². The third kappa shape index (κ3) is 4.45. The number of aryl methyl sites for hydroxylation is 1. The molecule has 0 spiro atoms. The van der Waals surface area contributed by atoms with Crippen molar-refractivity contribution >= 4 is 63.4 Å². The fourth-order valence-electron chi connectivity index (χ4n) is 2.61. The second-order valence-corrected chi connectivity index (χ2v) is 8.40. The van der Waals surface area contributed by atoms with Crippen molar-refractivity contribution in [1.29, 1.82) is 0 Å². The SMILES string of the molecule is Cc1ccc(NC(=O)CSC2CC(=O)N(c3ccc(I)cc3)C2=O)cc1. The molecule has 7 heteroatoms.